The van der Waals surface area contributed by atoms with Crippen molar-refractivity contribution in [2.45, 2.75) is 11.3 Å². The summed E-state index contributed by atoms with van der Waals surface area (Å²) in [5, 5.41) is 0.894. The van der Waals surface area contributed by atoms with Gasteiger partial charge >= 0.3 is 0 Å². The van der Waals surface area contributed by atoms with Crippen LogP contribution in [0.15, 0.2) is 22.5 Å². The van der Waals surface area contributed by atoms with Crippen molar-refractivity contribution in [1.29, 1.82) is 0 Å². The molecule has 0 saturated heterocycles. The normalized spacial score (nSPS) is 10.6. The van der Waals surface area contributed by atoms with Crippen molar-refractivity contribution < 1.29 is 4.79 Å². The van der Waals surface area contributed by atoms with Crippen molar-refractivity contribution in [2.24, 2.45) is 0 Å². The number of aryl methyl sites for hydroxylation is 1. The summed E-state index contributed by atoms with van der Waals surface area (Å²) in [6, 6.07) is 4.86. The quantitative estimate of drug-likeness (QED) is 0.628. The zero-order chi connectivity index (χ0) is 13.1. The third-order valence-corrected chi connectivity index (χ3v) is 4.54. The summed E-state index contributed by atoms with van der Waals surface area (Å²) in [6.45, 7) is 1.82. The van der Waals surface area contributed by atoms with Crippen LogP contribution in [0.5, 0.6) is 0 Å². The van der Waals surface area contributed by atoms with Gasteiger partial charge in [0.2, 0.25) is 0 Å². The van der Waals surface area contributed by atoms with E-state index in [4.69, 9.17) is 23.2 Å². The summed E-state index contributed by atoms with van der Waals surface area (Å²) >= 11 is 14.4. The molecule has 1 aromatic heterocycles. The van der Waals surface area contributed by atoms with E-state index in [9.17, 15) is 4.79 Å². The highest BCUT2D eigenvalue weighted by Crippen LogP contribution is 2.25. The molecule has 0 atom stereocenters. The maximum Gasteiger partial charge on any atom is 0.174 e. The molecule has 0 saturated carbocycles. The van der Waals surface area contributed by atoms with Crippen molar-refractivity contribution >= 4 is 52.3 Å². The van der Waals surface area contributed by atoms with Gasteiger partial charge in [-0.1, -0.05) is 35.0 Å². The molecule has 94 valence electrons. The van der Waals surface area contributed by atoms with Gasteiger partial charge in [-0.3, -0.25) is 4.79 Å². The average molecular weight is 319 g/mol. The second-order valence-electron chi connectivity index (χ2n) is 3.44. The van der Waals surface area contributed by atoms with Crippen molar-refractivity contribution in [3.8, 4) is 0 Å². The van der Waals surface area contributed by atoms with Gasteiger partial charge in [-0.05, 0) is 36.7 Å². The largest absolute Gasteiger partial charge is 0.293 e. The molecule has 0 fully saturated rings. The fourth-order valence-corrected chi connectivity index (χ4v) is 3.30. The Morgan fingerprint density at radius 2 is 2.22 bits per heavy atom. The predicted octanol–water partition coefficient (Wildman–Crippen LogP) is 4.13. The number of rotatable bonds is 4. The number of thioether (sulfide) groups is 1. The van der Waals surface area contributed by atoms with E-state index in [1.165, 1.54) is 23.3 Å². The first-order valence-corrected chi connectivity index (χ1v) is 7.49. The number of ketones is 1. The van der Waals surface area contributed by atoms with Gasteiger partial charge in [0.05, 0.1) is 10.8 Å². The number of benzene rings is 1. The van der Waals surface area contributed by atoms with Crippen molar-refractivity contribution in [1.82, 2.24) is 9.36 Å². The molecule has 1 heterocycles. The number of hydrogen-bond donors (Lipinski definition) is 0. The second kappa shape index (κ2) is 6.02. The van der Waals surface area contributed by atoms with Gasteiger partial charge in [0, 0.05) is 10.6 Å². The van der Waals surface area contributed by atoms with Gasteiger partial charge in [-0.25, -0.2) is 4.98 Å². The summed E-state index contributed by atoms with van der Waals surface area (Å²) in [5.74, 6) is 0.963. The monoisotopic (exact) mass is 318 g/mol. The molecule has 0 aliphatic carbocycles. The Kier molecular flexibility index (Phi) is 4.61. The lowest BCUT2D eigenvalue weighted by molar-refractivity contribution is 0.102. The summed E-state index contributed by atoms with van der Waals surface area (Å²) in [4.78, 5) is 16.1. The second-order valence-corrected chi connectivity index (χ2v) is 6.26. The summed E-state index contributed by atoms with van der Waals surface area (Å²) < 4.78 is 4.83. The standard InChI is InChI=1S/C11H8Cl2N2OS2/c1-6-14-11(18-15-6)17-5-10(16)8-3-2-7(12)4-9(8)13/h2-4H,5H2,1H3. The average Bonchev–Trinajstić information content (AvgIpc) is 2.72. The van der Waals surface area contributed by atoms with E-state index in [1.807, 2.05) is 6.92 Å². The van der Waals surface area contributed by atoms with E-state index in [0.29, 0.717) is 15.6 Å². The molecule has 0 bridgehead atoms. The first-order chi connectivity index (χ1) is 8.56. The molecule has 18 heavy (non-hydrogen) atoms. The maximum absolute atomic E-state index is 12.0. The minimum atomic E-state index is -0.0467. The number of nitrogens with zero attached hydrogens (tertiary/aromatic N) is 2. The van der Waals surface area contributed by atoms with Crippen molar-refractivity contribution in [3.05, 3.63) is 39.6 Å². The lowest BCUT2D eigenvalue weighted by Gasteiger charge is -2.02. The molecule has 0 radical (unpaired) electrons. The van der Waals surface area contributed by atoms with Gasteiger partial charge in [-0.2, -0.15) is 4.37 Å². The zero-order valence-electron chi connectivity index (χ0n) is 9.31. The number of carbonyl (C=O) groups is 1. The molecule has 0 unspecified atom stereocenters. The van der Waals surface area contributed by atoms with E-state index in [1.54, 1.807) is 18.2 Å². The molecule has 3 nitrogen and oxygen atoms in total. The molecule has 0 spiro atoms. The van der Waals surface area contributed by atoms with Crippen molar-refractivity contribution in [3.63, 3.8) is 0 Å². The number of halogens is 2. The van der Waals surface area contributed by atoms with E-state index in [2.05, 4.69) is 9.36 Å². The highest BCUT2D eigenvalue weighted by Gasteiger charge is 2.12. The van der Waals surface area contributed by atoms with Gasteiger partial charge in [0.1, 0.15) is 5.82 Å². The SMILES string of the molecule is Cc1nsc(SCC(=O)c2ccc(Cl)cc2Cl)n1. The molecule has 2 rings (SSSR count). The summed E-state index contributed by atoms with van der Waals surface area (Å²) in [5.41, 5.74) is 0.481. The van der Waals surface area contributed by atoms with Crippen LogP contribution in [0.4, 0.5) is 0 Å². The molecule has 0 N–H and O–H groups in total. The van der Waals surface area contributed by atoms with Gasteiger partial charge < -0.3 is 0 Å². The Morgan fingerprint density at radius 1 is 1.44 bits per heavy atom. The highest BCUT2D eigenvalue weighted by molar-refractivity contribution is 8.01. The van der Waals surface area contributed by atoms with Crippen molar-refractivity contribution in [2.75, 3.05) is 5.75 Å². The van der Waals surface area contributed by atoms with E-state index < -0.39 is 0 Å². The van der Waals surface area contributed by atoms with Crippen LogP contribution in [0.25, 0.3) is 0 Å². The van der Waals surface area contributed by atoms with Gasteiger partial charge in [0.25, 0.3) is 0 Å². The minimum Gasteiger partial charge on any atom is -0.293 e. The fourth-order valence-electron chi connectivity index (χ4n) is 1.26. The number of carbonyl (C=O) groups excluding carboxylic acids is 1. The van der Waals surface area contributed by atoms with Crippen LogP contribution in [0.1, 0.15) is 16.2 Å². The first-order valence-electron chi connectivity index (χ1n) is 4.97. The smallest absolute Gasteiger partial charge is 0.174 e. The molecule has 0 aliphatic heterocycles. The third-order valence-electron chi connectivity index (χ3n) is 2.07. The Bertz CT molecular complexity index is 586. The van der Waals surface area contributed by atoms with E-state index >= 15 is 0 Å². The van der Waals surface area contributed by atoms with Crippen LogP contribution in [-0.4, -0.2) is 20.9 Å². The van der Waals surface area contributed by atoms with Crippen LogP contribution in [0.3, 0.4) is 0 Å². The third kappa shape index (κ3) is 3.45. The topological polar surface area (TPSA) is 42.9 Å². The van der Waals surface area contributed by atoms with Gasteiger partial charge in [0.15, 0.2) is 10.1 Å². The summed E-state index contributed by atoms with van der Waals surface area (Å²) in [6.07, 6.45) is 0. The Labute approximate surface area is 123 Å². The van der Waals surface area contributed by atoms with Crippen LogP contribution in [0.2, 0.25) is 10.0 Å². The molecule has 0 aliphatic rings. The lowest BCUT2D eigenvalue weighted by atomic mass is 10.1. The molecule has 2 aromatic rings. The highest BCUT2D eigenvalue weighted by atomic mass is 35.5. The van der Waals surface area contributed by atoms with Crippen LogP contribution in [-0.2, 0) is 0 Å². The van der Waals surface area contributed by atoms with Gasteiger partial charge in [-0.15, -0.1) is 0 Å². The van der Waals surface area contributed by atoms with Crippen LogP contribution >= 0.6 is 46.5 Å². The maximum atomic E-state index is 12.0. The molecule has 1 aromatic carbocycles. The Hall–Kier alpha value is -0.620. The molecular formula is C11H8Cl2N2OS2. The Morgan fingerprint density at radius 3 is 2.83 bits per heavy atom. The minimum absolute atomic E-state index is 0.0467. The number of Topliss-reactive ketones (excluding diaryl/α,β-unsaturated/α-hetero) is 1. The number of hydrogen-bond acceptors (Lipinski definition) is 5. The zero-order valence-corrected chi connectivity index (χ0v) is 12.5. The van der Waals surface area contributed by atoms with Crippen LogP contribution in [0, 0.1) is 6.92 Å². The first kappa shape index (κ1) is 13.8. The fraction of sp³-hybridized carbons (Fsp3) is 0.182. The summed E-state index contributed by atoms with van der Waals surface area (Å²) in [7, 11) is 0. The molecular weight excluding hydrogens is 311 g/mol. The van der Waals surface area contributed by atoms with Crippen LogP contribution < -0.4 is 0 Å². The van der Waals surface area contributed by atoms with E-state index in [-0.39, 0.29) is 11.5 Å². The lowest BCUT2D eigenvalue weighted by Crippen LogP contribution is -2.03. The number of aromatic nitrogens is 2. The predicted molar refractivity (Wildman–Crippen MR) is 76.2 cm³/mol. The van der Waals surface area contributed by atoms with E-state index in [0.717, 1.165) is 10.2 Å². The Balaban J connectivity index is 2.03. The molecule has 0 amide bonds. The molecule has 7 heteroatoms.